The number of carbonyl (C=O) groups is 2. The fourth-order valence-corrected chi connectivity index (χ4v) is 4.89. The van der Waals surface area contributed by atoms with Gasteiger partial charge in [0, 0.05) is 42.1 Å². The van der Waals surface area contributed by atoms with Gasteiger partial charge in [-0.05, 0) is 25.0 Å². The summed E-state index contributed by atoms with van der Waals surface area (Å²) < 4.78 is 11.6. The molecule has 1 aliphatic carbocycles. The number of aromatic amines is 1. The van der Waals surface area contributed by atoms with Crippen LogP contribution in [0.2, 0.25) is 0 Å². The third-order valence-corrected chi connectivity index (χ3v) is 7.20. The predicted octanol–water partition coefficient (Wildman–Crippen LogP) is 1.41. The predicted molar refractivity (Wildman–Crippen MR) is 129 cm³/mol. The number of ether oxygens (including phenoxy) is 2. The lowest BCUT2D eigenvalue weighted by molar-refractivity contribution is -0.220. The van der Waals surface area contributed by atoms with Crippen LogP contribution >= 0.6 is 0 Å². The second kappa shape index (κ2) is 9.12. The van der Waals surface area contributed by atoms with Crippen LogP contribution in [0.1, 0.15) is 29.8 Å². The summed E-state index contributed by atoms with van der Waals surface area (Å²) in [6.45, 7) is 5.41. The van der Waals surface area contributed by atoms with E-state index in [0.717, 1.165) is 23.7 Å². The summed E-state index contributed by atoms with van der Waals surface area (Å²) >= 11 is 0. The van der Waals surface area contributed by atoms with E-state index < -0.39 is 11.8 Å². The number of rotatable bonds is 6. The summed E-state index contributed by atoms with van der Waals surface area (Å²) in [5, 5.41) is 0.957. The Morgan fingerprint density at radius 2 is 1.97 bits per heavy atom. The summed E-state index contributed by atoms with van der Waals surface area (Å²) in [5.74, 6) is 5.54. The maximum atomic E-state index is 13.5. The third kappa shape index (κ3) is 4.23. The summed E-state index contributed by atoms with van der Waals surface area (Å²) in [4.78, 5) is 38.4. The van der Waals surface area contributed by atoms with Gasteiger partial charge in [0.1, 0.15) is 11.5 Å². The van der Waals surface area contributed by atoms with E-state index in [1.165, 1.54) is 0 Å². The molecule has 1 aromatic carbocycles. The van der Waals surface area contributed by atoms with Gasteiger partial charge in [-0.25, -0.2) is 0 Å². The van der Waals surface area contributed by atoms with Crippen LogP contribution < -0.4 is 11.6 Å². The molecule has 10 heteroatoms. The minimum Gasteiger partial charge on any atom is -0.416 e. The van der Waals surface area contributed by atoms with Gasteiger partial charge in [-0.1, -0.05) is 24.8 Å². The molecule has 0 unspecified atom stereocenters. The Balaban J connectivity index is 1.32. The van der Waals surface area contributed by atoms with Gasteiger partial charge >= 0.3 is 0 Å². The van der Waals surface area contributed by atoms with Gasteiger partial charge in [-0.3, -0.25) is 9.59 Å². The lowest BCUT2D eigenvalue weighted by Gasteiger charge is -2.39. The lowest BCUT2D eigenvalue weighted by atomic mass is 9.98. The third-order valence-electron chi connectivity index (χ3n) is 7.20. The number of para-hydroxylation sites is 1. The van der Waals surface area contributed by atoms with Gasteiger partial charge in [0.05, 0.1) is 31.3 Å². The molecule has 0 bridgehead atoms. The highest BCUT2D eigenvalue weighted by Crippen LogP contribution is 2.47. The van der Waals surface area contributed by atoms with Crippen molar-refractivity contribution in [1.29, 1.82) is 0 Å². The second-order valence-corrected chi connectivity index (χ2v) is 9.47. The summed E-state index contributed by atoms with van der Waals surface area (Å²) in [7, 11) is 1.72. The molecule has 3 aliphatic rings. The molecular formula is C25H31N5O5. The van der Waals surface area contributed by atoms with Gasteiger partial charge in [-0.2, -0.15) is 5.90 Å². The molecule has 5 N–H and O–H groups in total. The number of benzene rings is 1. The molecule has 0 spiro atoms. The zero-order valence-electron chi connectivity index (χ0n) is 19.8. The molecule has 2 fully saturated rings. The molecule has 2 aliphatic heterocycles. The largest absolute Gasteiger partial charge is 0.416 e. The Morgan fingerprint density at radius 3 is 2.63 bits per heavy atom. The number of H-pyrrole nitrogens is 1. The van der Waals surface area contributed by atoms with E-state index in [9.17, 15) is 9.59 Å². The van der Waals surface area contributed by atoms with Gasteiger partial charge in [0.2, 0.25) is 0 Å². The van der Waals surface area contributed by atoms with Crippen molar-refractivity contribution in [3.05, 3.63) is 59.5 Å². The quantitative estimate of drug-likeness (QED) is 0.419. The Labute approximate surface area is 203 Å². The molecule has 2 amide bonds. The van der Waals surface area contributed by atoms with Gasteiger partial charge < -0.3 is 34.8 Å². The highest BCUT2D eigenvalue weighted by atomic mass is 16.7. The molecule has 1 saturated carbocycles. The molecule has 2 aromatic rings. The molecule has 0 atom stereocenters. The normalized spacial score (nSPS) is 23.8. The average Bonchev–Trinajstić information content (AvgIpc) is 3.58. The van der Waals surface area contributed by atoms with Crippen molar-refractivity contribution in [2.75, 3.05) is 33.4 Å². The number of hydrogen-bond donors (Lipinski definition) is 3. The number of likely N-dealkylation sites (N-methyl/N-ethyl adjacent to an activating group) is 1. The van der Waals surface area contributed by atoms with E-state index in [0.29, 0.717) is 43.2 Å². The highest BCUT2D eigenvalue weighted by molar-refractivity contribution is 6.00. The monoisotopic (exact) mass is 481 g/mol. The fourth-order valence-electron chi connectivity index (χ4n) is 4.89. The summed E-state index contributed by atoms with van der Waals surface area (Å²) in [5.41, 5.74) is 7.43. The molecule has 10 nitrogen and oxygen atoms in total. The van der Waals surface area contributed by atoms with Crippen LogP contribution in [-0.4, -0.2) is 77.8 Å². The van der Waals surface area contributed by atoms with Crippen LogP contribution in [0.3, 0.4) is 0 Å². The lowest BCUT2D eigenvalue weighted by Crippen LogP contribution is -2.54. The molecule has 5 rings (SSSR count). The number of nitrogens with one attached hydrogen (secondary N) is 1. The molecular weight excluding hydrogens is 450 g/mol. The Hall–Kier alpha value is -3.18. The Bertz CT molecular complexity index is 1160. The minimum absolute atomic E-state index is 0.164. The zero-order valence-corrected chi connectivity index (χ0v) is 19.8. The first-order valence-corrected chi connectivity index (χ1v) is 11.8. The van der Waals surface area contributed by atoms with Crippen molar-refractivity contribution in [2.24, 2.45) is 11.6 Å². The molecule has 186 valence electrons. The van der Waals surface area contributed by atoms with Crippen LogP contribution in [0.15, 0.2) is 53.8 Å². The SMILES string of the molecule is C=C(C(=O)N(C)C1([C@H]2OC[C@H](N)CO2)CC1)C1=C(ON)CCN(C(=O)c2cc3ccccc3[nH]2)C1. The maximum absolute atomic E-state index is 13.5. The molecule has 3 heterocycles. The first kappa shape index (κ1) is 23.6. The maximum Gasteiger partial charge on any atom is 0.270 e. The van der Waals surface area contributed by atoms with Crippen molar-refractivity contribution < 1.29 is 23.9 Å². The van der Waals surface area contributed by atoms with E-state index in [2.05, 4.69) is 11.6 Å². The van der Waals surface area contributed by atoms with Crippen molar-refractivity contribution in [3.8, 4) is 0 Å². The Morgan fingerprint density at radius 1 is 1.26 bits per heavy atom. The number of hydrogen-bond acceptors (Lipinski definition) is 7. The standard InChI is InChI=1S/C25H31N5O5/c1-15(22(31)29(2)25(8-9-25)24-33-13-17(26)14-34-24)18-12-30(10-7-21(18)35-27)23(32)20-11-16-5-3-4-6-19(16)28-20/h3-6,11,17,24,28H,1,7-10,12-14,26-27H2,2H3/t17-,24-. The van der Waals surface area contributed by atoms with Crippen LogP contribution in [0.5, 0.6) is 0 Å². The average molecular weight is 482 g/mol. The van der Waals surface area contributed by atoms with Crippen molar-refractivity contribution >= 4 is 22.7 Å². The first-order valence-electron chi connectivity index (χ1n) is 11.8. The number of carbonyl (C=O) groups excluding carboxylic acids is 2. The number of fused-ring (bicyclic) bond motifs is 1. The topological polar surface area (TPSA) is 136 Å². The number of aromatic nitrogens is 1. The van der Waals surface area contributed by atoms with Gasteiger partial charge in [0.25, 0.3) is 11.8 Å². The van der Waals surface area contributed by atoms with Crippen molar-refractivity contribution in [1.82, 2.24) is 14.8 Å². The van der Waals surface area contributed by atoms with Crippen LogP contribution in [0.4, 0.5) is 0 Å². The van der Waals surface area contributed by atoms with Crippen molar-refractivity contribution in [2.45, 2.75) is 37.1 Å². The van der Waals surface area contributed by atoms with E-state index >= 15 is 0 Å². The molecule has 1 aromatic heterocycles. The number of nitrogens with zero attached hydrogens (tertiary/aromatic N) is 2. The van der Waals surface area contributed by atoms with E-state index in [1.54, 1.807) is 16.8 Å². The summed E-state index contributed by atoms with van der Waals surface area (Å²) in [6, 6.07) is 9.36. The summed E-state index contributed by atoms with van der Waals surface area (Å²) in [6.07, 6.45) is 1.36. The first-order chi connectivity index (χ1) is 16.8. The number of nitrogens with two attached hydrogens (primary N) is 2. The highest BCUT2D eigenvalue weighted by Gasteiger charge is 2.57. The smallest absolute Gasteiger partial charge is 0.270 e. The zero-order chi connectivity index (χ0) is 24.7. The van der Waals surface area contributed by atoms with E-state index in [4.69, 9.17) is 25.9 Å². The molecule has 35 heavy (non-hydrogen) atoms. The van der Waals surface area contributed by atoms with Crippen LogP contribution in [0, 0.1) is 0 Å². The van der Waals surface area contributed by atoms with Gasteiger partial charge in [-0.15, -0.1) is 0 Å². The fraction of sp³-hybridized carbons (Fsp3) is 0.440. The van der Waals surface area contributed by atoms with Gasteiger partial charge in [0.15, 0.2) is 6.29 Å². The van der Waals surface area contributed by atoms with Crippen LogP contribution in [-0.2, 0) is 19.1 Å². The second-order valence-electron chi connectivity index (χ2n) is 9.47. The van der Waals surface area contributed by atoms with E-state index in [-0.39, 0.29) is 30.0 Å². The molecule has 1 saturated heterocycles. The van der Waals surface area contributed by atoms with Crippen molar-refractivity contribution in [3.63, 3.8) is 0 Å². The molecule has 0 radical (unpaired) electrons. The minimum atomic E-state index is -0.557. The Kier molecular flexibility index (Phi) is 6.14. The van der Waals surface area contributed by atoms with Crippen LogP contribution in [0.25, 0.3) is 10.9 Å². The number of amides is 2. The van der Waals surface area contributed by atoms with E-state index in [1.807, 2.05) is 30.3 Å².